The molecule has 0 aliphatic rings. The summed E-state index contributed by atoms with van der Waals surface area (Å²) in [6.07, 6.45) is 1.18. The first-order chi connectivity index (χ1) is 4.85. The number of carbonyl (C=O) groups excluding carboxylic acids is 1. The third-order valence-electron chi connectivity index (χ3n) is 1.24. The summed E-state index contributed by atoms with van der Waals surface area (Å²) < 4.78 is 4.44. The van der Waals surface area contributed by atoms with Gasteiger partial charge in [-0.1, -0.05) is 6.92 Å². The number of carbonyl (C=O) groups is 1. The van der Waals surface area contributed by atoms with Crippen molar-refractivity contribution in [1.82, 2.24) is 10.6 Å². The summed E-state index contributed by atoms with van der Waals surface area (Å²) in [6.45, 7) is 2.73. The van der Waals surface area contributed by atoms with Crippen LogP contribution in [0.25, 0.3) is 0 Å². The van der Waals surface area contributed by atoms with Crippen LogP contribution in [-0.4, -0.2) is 26.4 Å². The van der Waals surface area contributed by atoms with Crippen molar-refractivity contribution in [3.63, 3.8) is 0 Å². The van der Waals surface area contributed by atoms with Crippen molar-refractivity contribution in [2.75, 3.05) is 13.8 Å². The highest BCUT2D eigenvalue weighted by molar-refractivity contribution is 5.36. The lowest BCUT2D eigenvalue weighted by atomic mass is 10.4. The van der Waals surface area contributed by atoms with Crippen LogP contribution >= 0.6 is 0 Å². The highest BCUT2D eigenvalue weighted by atomic mass is 16.5. The van der Waals surface area contributed by atoms with Gasteiger partial charge in [0, 0.05) is 0 Å². The molecule has 0 saturated heterocycles. The molecule has 0 radical (unpaired) electrons. The van der Waals surface area contributed by atoms with Crippen LogP contribution in [0, 0.1) is 0 Å². The molecule has 0 aromatic carbocycles. The average Bonchev–Trinajstić information content (AvgIpc) is 1.99. The Balaban J connectivity index is 3.16. The second kappa shape index (κ2) is 6.51. The van der Waals surface area contributed by atoms with Gasteiger partial charge in [0.1, 0.15) is 6.73 Å². The molecule has 4 nitrogen and oxygen atoms in total. The molecule has 0 aliphatic heterocycles. The van der Waals surface area contributed by atoms with E-state index in [1.165, 1.54) is 0 Å². The summed E-state index contributed by atoms with van der Waals surface area (Å²) in [5.74, 6) is 0. The highest BCUT2D eigenvalue weighted by Gasteiger charge is 1.98. The van der Waals surface area contributed by atoms with Crippen molar-refractivity contribution in [3.05, 3.63) is 0 Å². The molecular weight excluding hydrogens is 132 g/mol. The predicted octanol–water partition coefficient (Wildman–Crippen LogP) is -0.338. The summed E-state index contributed by atoms with van der Waals surface area (Å²) in [7, 11) is 1.85. The number of hydrogen-bond donors (Lipinski definition) is 2. The number of nitrogens with one attached hydrogen (secondary N) is 2. The zero-order valence-electron chi connectivity index (χ0n) is 6.39. The van der Waals surface area contributed by atoms with Gasteiger partial charge in [0.2, 0.25) is 0 Å². The molecule has 60 valence electrons. The van der Waals surface area contributed by atoms with Crippen molar-refractivity contribution >= 4 is 6.47 Å². The van der Waals surface area contributed by atoms with Crippen LogP contribution in [0.4, 0.5) is 0 Å². The van der Waals surface area contributed by atoms with Gasteiger partial charge in [0.15, 0.2) is 0 Å². The van der Waals surface area contributed by atoms with Gasteiger partial charge in [-0.2, -0.15) is 0 Å². The summed E-state index contributed by atoms with van der Waals surface area (Å²) in [4.78, 5) is 9.68. The molecule has 2 N–H and O–H groups in total. The van der Waals surface area contributed by atoms with Crippen LogP contribution in [0.5, 0.6) is 0 Å². The quantitative estimate of drug-likeness (QED) is 0.306. The van der Waals surface area contributed by atoms with E-state index in [9.17, 15) is 4.79 Å². The van der Waals surface area contributed by atoms with Crippen LogP contribution in [0.2, 0.25) is 0 Å². The van der Waals surface area contributed by atoms with Crippen LogP contribution in [0.15, 0.2) is 0 Å². The number of hydrogen-bond acceptors (Lipinski definition) is 4. The van der Waals surface area contributed by atoms with Gasteiger partial charge in [-0.3, -0.25) is 10.1 Å². The lowest BCUT2D eigenvalue weighted by Gasteiger charge is -2.14. The topological polar surface area (TPSA) is 50.4 Å². The molecule has 0 bridgehead atoms. The maximum absolute atomic E-state index is 9.68. The first-order valence-corrected chi connectivity index (χ1v) is 3.31. The molecule has 10 heavy (non-hydrogen) atoms. The second-order valence-corrected chi connectivity index (χ2v) is 1.86. The summed E-state index contributed by atoms with van der Waals surface area (Å²) in [5, 5.41) is 5.96. The van der Waals surface area contributed by atoms with Gasteiger partial charge < -0.3 is 10.1 Å². The van der Waals surface area contributed by atoms with E-state index in [0.29, 0.717) is 6.47 Å². The normalized spacial score (nSPS) is 12.6. The minimum absolute atomic E-state index is 0.222. The minimum atomic E-state index is 0.222. The first-order valence-electron chi connectivity index (χ1n) is 3.31. The molecule has 0 aromatic rings. The van der Waals surface area contributed by atoms with E-state index >= 15 is 0 Å². The van der Waals surface area contributed by atoms with Crippen LogP contribution in [0.3, 0.4) is 0 Å². The Morgan fingerprint density at radius 2 is 2.40 bits per heavy atom. The molecule has 0 rings (SSSR count). The molecule has 4 heteroatoms. The third-order valence-corrected chi connectivity index (χ3v) is 1.24. The maximum Gasteiger partial charge on any atom is 0.294 e. The molecule has 0 amide bonds. The molecule has 1 unspecified atom stereocenters. The molecular formula is C6H14N2O2. The van der Waals surface area contributed by atoms with Crippen molar-refractivity contribution in [2.24, 2.45) is 0 Å². The number of ether oxygens (including phenoxy) is 1. The molecule has 1 atom stereocenters. The third kappa shape index (κ3) is 4.29. The van der Waals surface area contributed by atoms with Gasteiger partial charge in [-0.15, -0.1) is 0 Å². The Morgan fingerprint density at radius 3 is 2.80 bits per heavy atom. The molecule has 0 aromatic heterocycles. The van der Waals surface area contributed by atoms with Gasteiger partial charge >= 0.3 is 0 Å². The summed E-state index contributed by atoms with van der Waals surface area (Å²) in [5.41, 5.74) is 0. The fraction of sp³-hybridized carbons (Fsp3) is 0.833. The van der Waals surface area contributed by atoms with Gasteiger partial charge in [0.25, 0.3) is 6.47 Å². The average molecular weight is 146 g/mol. The Kier molecular flexibility index (Phi) is 6.11. The molecule has 0 spiro atoms. The highest BCUT2D eigenvalue weighted by Crippen LogP contribution is 1.81. The van der Waals surface area contributed by atoms with Crippen molar-refractivity contribution in [1.29, 1.82) is 0 Å². The monoisotopic (exact) mass is 146 g/mol. The fourth-order valence-electron chi connectivity index (χ4n) is 0.633. The first kappa shape index (κ1) is 9.39. The van der Waals surface area contributed by atoms with Crippen molar-refractivity contribution < 1.29 is 9.53 Å². The van der Waals surface area contributed by atoms with Crippen molar-refractivity contribution in [3.8, 4) is 0 Å². The van der Waals surface area contributed by atoms with Gasteiger partial charge in [0.05, 0.1) is 6.17 Å². The van der Waals surface area contributed by atoms with Crippen LogP contribution < -0.4 is 10.6 Å². The molecule has 0 heterocycles. The standard InChI is InChI=1S/C6H14N2O2/c1-3-6(7-2)8-4-10-5-9/h5-8H,3-4H2,1-2H3. The zero-order valence-corrected chi connectivity index (χ0v) is 6.39. The Hall–Kier alpha value is -0.610. The minimum Gasteiger partial charge on any atom is -0.452 e. The second-order valence-electron chi connectivity index (χ2n) is 1.86. The fourth-order valence-corrected chi connectivity index (χ4v) is 0.633. The van der Waals surface area contributed by atoms with Gasteiger partial charge in [-0.25, -0.2) is 0 Å². The van der Waals surface area contributed by atoms with E-state index in [1.54, 1.807) is 0 Å². The maximum atomic E-state index is 9.68. The van der Waals surface area contributed by atoms with E-state index in [-0.39, 0.29) is 12.9 Å². The summed E-state index contributed by atoms with van der Waals surface area (Å²) in [6, 6.07) is 0. The molecule has 0 fully saturated rings. The lowest BCUT2D eigenvalue weighted by Crippen LogP contribution is -2.40. The smallest absolute Gasteiger partial charge is 0.294 e. The van der Waals surface area contributed by atoms with E-state index < -0.39 is 0 Å². The van der Waals surface area contributed by atoms with E-state index in [1.807, 2.05) is 14.0 Å². The zero-order chi connectivity index (χ0) is 7.82. The van der Waals surface area contributed by atoms with E-state index in [4.69, 9.17) is 0 Å². The van der Waals surface area contributed by atoms with E-state index in [2.05, 4.69) is 15.4 Å². The van der Waals surface area contributed by atoms with Crippen LogP contribution in [0.1, 0.15) is 13.3 Å². The Morgan fingerprint density at radius 1 is 1.70 bits per heavy atom. The number of rotatable bonds is 6. The Labute approximate surface area is 60.9 Å². The SMILES string of the molecule is CCC(NC)NCOC=O. The Bertz CT molecular complexity index is 83.8. The summed E-state index contributed by atoms with van der Waals surface area (Å²) >= 11 is 0. The van der Waals surface area contributed by atoms with Crippen molar-refractivity contribution in [2.45, 2.75) is 19.5 Å². The predicted molar refractivity (Wildman–Crippen MR) is 38.3 cm³/mol. The van der Waals surface area contributed by atoms with Crippen LogP contribution in [-0.2, 0) is 9.53 Å². The molecule has 0 aliphatic carbocycles. The van der Waals surface area contributed by atoms with E-state index in [0.717, 1.165) is 6.42 Å². The lowest BCUT2D eigenvalue weighted by molar-refractivity contribution is -0.129. The molecule has 0 saturated carbocycles. The largest absolute Gasteiger partial charge is 0.452 e. The van der Waals surface area contributed by atoms with Gasteiger partial charge in [-0.05, 0) is 13.5 Å².